The highest BCUT2D eigenvalue weighted by molar-refractivity contribution is 6.09. The number of benzene rings is 1. The average molecular weight is 431 g/mol. The first-order valence-electron chi connectivity index (χ1n) is 10.5. The highest BCUT2D eigenvalue weighted by Crippen LogP contribution is 2.38. The molecule has 9 heteroatoms. The predicted molar refractivity (Wildman–Crippen MR) is 113 cm³/mol. The van der Waals surface area contributed by atoms with Crippen molar-refractivity contribution in [2.75, 3.05) is 19.0 Å². The van der Waals surface area contributed by atoms with Gasteiger partial charge in [0.1, 0.15) is 17.8 Å². The molecule has 0 radical (unpaired) electrons. The van der Waals surface area contributed by atoms with E-state index in [1.807, 2.05) is 19.9 Å². The Kier molecular flexibility index (Phi) is 6.52. The molecule has 3 unspecified atom stereocenters. The van der Waals surface area contributed by atoms with Gasteiger partial charge in [-0.1, -0.05) is 25.8 Å². The van der Waals surface area contributed by atoms with Gasteiger partial charge in [-0.15, -0.1) is 0 Å². The maximum Gasteiger partial charge on any atom is 0.327 e. The third kappa shape index (κ3) is 4.50. The van der Waals surface area contributed by atoms with Gasteiger partial charge in [0.05, 0.1) is 12.8 Å². The number of aryl methyl sites for hydroxylation is 1. The fourth-order valence-corrected chi connectivity index (χ4v) is 4.21. The first-order valence-corrected chi connectivity index (χ1v) is 10.5. The Morgan fingerprint density at radius 2 is 2.06 bits per heavy atom. The first-order chi connectivity index (χ1) is 14.7. The first kappa shape index (κ1) is 22.6. The zero-order chi connectivity index (χ0) is 22.8. The third-order valence-electron chi connectivity index (χ3n) is 6.08. The molecule has 1 heterocycles. The molecule has 1 aromatic carbocycles. The second-order valence-corrected chi connectivity index (χ2v) is 8.26. The number of carbonyl (C=O) groups excluding carboxylic acids is 4. The van der Waals surface area contributed by atoms with Gasteiger partial charge in [-0.05, 0) is 50.3 Å². The van der Waals surface area contributed by atoms with Crippen molar-refractivity contribution >= 4 is 29.5 Å². The second kappa shape index (κ2) is 8.95. The predicted octanol–water partition coefficient (Wildman–Crippen LogP) is 2.37. The molecule has 31 heavy (non-hydrogen) atoms. The number of urea groups is 1. The molecule has 1 aliphatic heterocycles. The van der Waals surface area contributed by atoms with Crippen LogP contribution < -0.4 is 15.4 Å². The summed E-state index contributed by atoms with van der Waals surface area (Å²) < 4.78 is 10.4. The van der Waals surface area contributed by atoms with Crippen molar-refractivity contribution in [2.45, 2.75) is 58.1 Å². The van der Waals surface area contributed by atoms with E-state index in [1.165, 1.54) is 14.0 Å². The number of rotatable bonds is 6. The van der Waals surface area contributed by atoms with Gasteiger partial charge in [-0.25, -0.2) is 4.79 Å². The summed E-state index contributed by atoms with van der Waals surface area (Å²) in [6, 6.07) is 4.71. The van der Waals surface area contributed by atoms with Gasteiger partial charge in [-0.2, -0.15) is 0 Å². The van der Waals surface area contributed by atoms with Crippen LogP contribution in [0.1, 0.15) is 45.1 Å². The molecule has 1 aliphatic carbocycles. The quantitative estimate of drug-likeness (QED) is 0.528. The Morgan fingerprint density at radius 3 is 2.74 bits per heavy atom. The number of nitrogens with zero attached hydrogens (tertiary/aromatic N) is 1. The fraction of sp³-hybridized carbons (Fsp3) is 0.545. The van der Waals surface area contributed by atoms with Crippen LogP contribution in [0.2, 0.25) is 0 Å². The zero-order valence-corrected chi connectivity index (χ0v) is 18.3. The summed E-state index contributed by atoms with van der Waals surface area (Å²) in [5.74, 6) is -1.31. The van der Waals surface area contributed by atoms with Gasteiger partial charge < -0.3 is 20.1 Å². The van der Waals surface area contributed by atoms with Crippen LogP contribution >= 0.6 is 0 Å². The summed E-state index contributed by atoms with van der Waals surface area (Å²) >= 11 is 0. The number of hydrogen-bond donors (Lipinski definition) is 2. The summed E-state index contributed by atoms with van der Waals surface area (Å²) in [7, 11) is 1.49. The molecule has 1 saturated carbocycles. The minimum absolute atomic E-state index is 0.00673. The Morgan fingerprint density at radius 1 is 1.32 bits per heavy atom. The van der Waals surface area contributed by atoms with Crippen LogP contribution in [0.3, 0.4) is 0 Å². The van der Waals surface area contributed by atoms with E-state index < -0.39 is 42.0 Å². The molecule has 4 amide bonds. The fourth-order valence-electron chi connectivity index (χ4n) is 4.21. The third-order valence-corrected chi connectivity index (χ3v) is 6.08. The molecular formula is C22H29N3O6. The highest BCUT2D eigenvalue weighted by atomic mass is 16.5. The van der Waals surface area contributed by atoms with Crippen LogP contribution in [0.25, 0.3) is 0 Å². The van der Waals surface area contributed by atoms with Gasteiger partial charge in [0.2, 0.25) is 0 Å². The maximum absolute atomic E-state index is 12.9. The summed E-state index contributed by atoms with van der Waals surface area (Å²) in [5.41, 5.74) is 0.434. The van der Waals surface area contributed by atoms with Crippen LogP contribution in [0.15, 0.2) is 18.2 Å². The molecule has 0 bridgehead atoms. The SMILES string of the molecule is COc1ccc(C)cc1NC(=O)C(C)OC(=O)CN1C(=O)NC2(CCCCC2C)C1=O. The number of anilines is 1. The number of methoxy groups -OCH3 is 1. The molecule has 2 aliphatic rings. The number of imide groups is 1. The number of hydrogen-bond acceptors (Lipinski definition) is 6. The smallest absolute Gasteiger partial charge is 0.327 e. The van der Waals surface area contributed by atoms with Crippen molar-refractivity contribution < 1.29 is 28.7 Å². The number of esters is 1. The van der Waals surface area contributed by atoms with E-state index in [2.05, 4.69) is 10.6 Å². The number of nitrogens with one attached hydrogen (secondary N) is 2. The van der Waals surface area contributed by atoms with Crippen LogP contribution in [-0.2, 0) is 19.1 Å². The lowest BCUT2D eigenvalue weighted by atomic mass is 9.73. The number of ether oxygens (including phenoxy) is 2. The van der Waals surface area contributed by atoms with Crippen molar-refractivity contribution in [1.82, 2.24) is 10.2 Å². The van der Waals surface area contributed by atoms with Crippen LogP contribution in [0.4, 0.5) is 10.5 Å². The molecule has 2 N–H and O–H groups in total. The summed E-state index contributed by atoms with van der Waals surface area (Å²) in [5, 5.41) is 5.46. The van der Waals surface area contributed by atoms with Gasteiger partial charge >= 0.3 is 12.0 Å². The maximum atomic E-state index is 12.9. The molecule has 3 atom stereocenters. The van der Waals surface area contributed by atoms with Crippen LogP contribution in [0.5, 0.6) is 5.75 Å². The van der Waals surface area contributed by atoms with Gasteiger partial charge in [0.25, 0.3) is 11.8 Å². The van der Waals surface area contributed by atoms with E-state index >= 15 is 0 Å². The molecule has 0 aromatic heterocycles. The van der Waals surface area contributed by atoms with Gasteiger partial charge in [0.15, 0.2) is 6.10 Å². The standard InChI is InChI=1S/C22H29N3O6/c1-13-8-9-17(30-4)16(11-13)23-19(27)15(3)31-18(26)12-25-20(28)22(24-21(25)29)10-6-5-7-14(22)2/h8-9,11,14-15H,5-7,10,12H2,1-4H3,(H,23,27)(H,24,29). The Labute approximate surface area is 181 Å². The van der Waals surface area contributed by atoms with Crippen molar-refractivity contribution in [2.24, 2.45) is 5.92 Å². The monoisotopic (exact) mass is 431 g/mol. The van der Waals surface area contributed by atoms with E-state index in [1.54, 1.807) is 12.1 Å². The van der Waals surface area contributed by atoms with Crippen molar-refractivity contribution in [1.29, 1.82) is 0 Å². The number of amides is 4. The molecule has 168 valence electrons. The molecule has 1 aromatic rings. The van der Waals surface area contributed by atoms with Gasteiger partial charge in [0, 0.05) is 0 Å². The van der Waals surface area contributed by atoms with E-state index in [4.69, 9.17) is 9.47 Å². The Hall–Kier alpha value is -3.10. The molecule has 2 fully saturated rings. The zero-order valence-electron chi connectivity index (χ0n) is 18.3. The van der Waals surface area contributed by atoms with Crippen LogP contribution in [0, 0.1) is 12.8 Å². The largest absolute Gasteiger partial charge is 0.495 e. The lowest BCUT2D eigenvalue weighted by Crippen LogP contribution is -2.54. The molecule has 9 nitrogen and oxygen atoms in total. The summed E-state index contributed by atoms with van der Waals surface area (Å²) in [4.78, 5) is 51.1. The molecular weight excluding hydrogens is 402 g/mol. The van der Waals surface area contributed by atoms with Crippen molar-refractivity contribution in [3.05, 3.63) is 23.8 Å². The number of carbonyl (C=O) groups is 4. The second-order valence-electron chi connectivity index (χ2n) is 8.26. The average Bonchev–Trinajstić information content (AvgIpc) is 2.95. The van der Waals surface area contributed by atoms with E-state index in [0.717, 1.165) is 29.7 Å². The highest BCUT2D eigenvalue weighted by Gasteiger charge is 2.55. The Balaban J connectivity index is 1.60. The lowest BCUT2D eigenvalue weighted by Gasteiger charge is -2.36. The summed E-state index contributed by atoms with van der Waals surface area (Å²) in [6.07, 6.45) is 2.12. The van der Waals surface area contributed by atoms with Gasteiger partial charge in [-0.3, -0.25) is 19.3 Å². The minimum Gasteiger partial charge on any atom is -0.495 e. The minimum atomic E-state index is -1.12. The lowest BCUT2D eigenvalue weighted by molar-refractivity contribution is -0.155. The van der Waals surface area contributed by atoms with Crippen molar-refractivity contribution in [3.63, 3.8) is 0 Å². The topological polar surface area (TPSA) is 114 Å². The molecule has 1 saturated heterocycles. The Bertz CT molecular complexity index is 901. The van der Waals surface area contributed by atoms with Crippen LogP contribution in [-0.4, -0.2) is 54.0 Å². The normalized spacial score (nSPS) is 24.0. The van der Waals surface area contributed by atoms with E-state index in [-0.39, 0.29) is 5.92 Å². The van der Waals surface area contributed by atoms with E-state index in [0.29, 0.717) is 17.9 Å². The van der Waals surface area contributed by atoms with E-state index in [9.17, 15) is 19.2 Å². The van der Waals surface area contributed by atoms with Crippen molar-refractivity contribution in [3.8, 4) is 5.75 Å². The molecule has 1 spiro atoms. The molecule has 3 rings (SSSR count). The summed E-state index contributed by atoms with van der Waals surface area (Å²) in [6.45, 7) is 4.69.